The van der Waals surface area contributed by atoms with Gasteiger partial charge in [0, 0.05) is 16.8 Å². The number of esters is 1. The van der Waals surface area contributed by atoms with E-state index in [2.05, 4.69) is 10.3 Å². The van der Waals surface area contributed by atoms with Crippen LogP contribution in [0, 0.1) is 0 Å². The van der Waals surface area contributed by atoms with Gasteiger partial charge in [-0.25, -0.2) is 4.79 Å². The summed E-state index contributed by atoms with van der Waals surface area (Å²) < 4.78 is 11.1. The number of benzene rings is 2. The Morgan fingerprint density at radius 1 is 1.14 bits per heavy atom. The van der Waals surface area contributed by atoms with Gasteiger partial charge in [-0.2, -0.15) is 0 Å². The Kier molecular flexibility index (Phi) is 6.15. The number of halogens is 1. The molecule has 176 valence electrons. The van der Waals surface area contributed by atoms with Crippen molar-refractivity contribution in [2.45, 2.75) is 12.1 Å². The molecule has 4 aromatic rings. The van der Waals surface area contributed by atoms with E-state index in [1.165, 1.54) is 13.2 Å². The van der Waals surface area contributed by atoms with Crippen LogP contribution in [0.5, 0.6) is 5.75 Å². The summed E-state index contributed by atoms with van der Waals surface area (Å²) in [5, 5.41) is 14.8. The van der Waals surface area contributed by atoms with Crippen LogP contribution in [0.4, 0.5) is 5.69 Å². The molecule has 2 atom stereocenters. The van der Waals surface area contributed by atoms with Gasteiger partial charge in [-0.1, -0.05) is 29.8 Å². The summed E-state index contributed by atoms with van der Waals surface area (Å²) >= 11 is 11.9. The highest BCUT2D eigenvalue weighted by Crippen LogP contribution is 2.45. The summed E-state index contributed by atoms with van der Waals surface area (Å²) in [5.41, 5.74) is 2.35. The van der Waals surface area contributed by atoms with Crippen LogP contribution in [0.3, 0.4) is 0 Å². The summed E-state index contributed by atoms with van der Waals surface area (Å²) in [6.45, 7) is 0. The van der Waals surface area contributed by atoms with Gasteiger partial charge in [-0.3, -0.25) is 4.98 Å². The molecule has 2 aromatic heterocycles. The fraction of sp³-hybridized carbons (Fsp3) is 0.115. The Balaban J connectivity index is 1.60. The standard InChI is InChI=1S/C26H20ClN3O4S/c1-33-25(32)16-6-4-5-15(13-16)21-10-11-22(34-21)24-23(18-7-2-3-12-28-18)29-26(35)30(24)19-14-17(27)8-9-20(19)31/h2-14,23-24,31H,1H3,(H,29,35)/t23-,24-/m0/s1. The Bertz CT molecular complexity index is 1410. The van der Waals surface area contributed by atoms with Crippen molar-refractivity contribution in [1.82, 2.24) is 10.3 Å². The number of nitrogens with zero attached hydrogens (tertiary/aromatic N) is 2. The number of phenolic OH excluding ortho intramolecular Hbond substituents is 1. The lowest BCUT2D eigenvalue weighted by atomic mass is 10.0. The number of pyridine rings is 1. The molecule has 1 aliphatic rings. The SMILES string of the molecule is COC(=O)c1cccc(-c2ccc([C@H]3[C@H](c4ccccn4)NC(=S)N3c3cc(Cl)ccc3O)o2)c1. The van der Waals surface area contributed by atoms with Crippen molar-refractivity contribution < 1.29 is 19.1 Å². The molecule has 1 aliphatic heterocycles. The quantitative estimate of drug-likeness (QED) is 0.265. The molecule has 5 rings (SSSR count). The van der Waals surface area contributed by atoms with Crippen LogP contribution in [0.1, 0.15) is 33.9 Å². The average molecular weight is 506 g/mol. The number of aromatic hydroxyl groups is 1. The molecule has 0 aliphatic carbocycles. The minimum Gasteiger partial charge on any atom is -0.506 e. The monoisotopic (exact) mass is 505 g/mol. The lowest BCUT2D eigenvalue weighted by molar-refractivity contribution is 0.0601. The smallest absolute Gasteiger partial charge is 0.337 e. The van der Waals surface area contributed by atoms with E-state index in [1.807, 2.05) is 36.4 Å². The van der Waals surface area contributed by atoms with Crippen LogP contribution in [0.25, 0.3) is 11.3 Å². The lowest BCUT2D eigenvalue weighted by Gasteiger charge is -2.26. The van der Waals surface area contributed by atoms with Gasteiger partial charge in [0.2, 0.25) is 0 Å². The minimum atomic E-state index is -0.473. The molecule has 0 amide bonds. The van der Waals surface area contributed by atoms with Gasteiger partial charge >= 0.3 is 5.97 Å². The van der Waals surface area contributed by atoms with E-state index in [0.29, 0.717) is 32.9 Å². The molecular formula is C26H20ClN3O4S. The predicted octanol–water partition coefficient (Wildman–Crippen LogP) is 5.66. The Morgan fingerprint density at radius 3 is 2.77 bits per heavy atom. The van der Waals surface area contributed by atoms with Crippen molar-refractivity contribution >= 4 is 40.6 Å². The number of carbonyl (C=O) groups is 1. The highest BCUT2D eigenvalue weighted by atomic mass is 35.5. The van der Waals surface area contributed by atoms with Crippen LogP contribution in [0.15, 0.2) is 83.4 Å². The van der Waals surface area contributed by atoms with Gasteiger partial charge in [0.05, 0.1) is 30.1 Å². The number of hydrogen-bond acceptors (Lipinski definition) is 6. The largest absolute Gasteiger partial charge is 0.506 e. The molecule has 0 spiro atoms. The summed E-state index contributed by atoms with van der Waals surface area (Å²) in [7, 11) is 1.34. The lowest BCUT2D eigenvalue weighted by Crippen LogP contribution is -2.29. The van der Waals surface area contributed by atoms with Crippen molar-refractivity contribution in [2.24, 2.45) is 0 Å². The first kappa shape index (κ1) is 22.9. The molecule has 1 fully saturated rings. The first-order valence-corrected chi connectivity index (χ1v) is 11.5. The third-order valence-corrected chi connectivity index (χ3v) is 6.33. The number of carbonyl (C=O) groups excluding carboxylic acids is 1. The molecular weight excluding hydrogens is 486 g/mol. The fourth-order valence-electron chi connectivity index (χ4n) is 4.18. The zero-order valence-corrected chi connectivity index (χ0v) is 20.1. The summed E-state index contributed by atoms with van der Waals surface area (Å²) in [5.74, 6) is 0.758. The van der Waals surface area contributed by atoms with E-state index in [4.69, 9.17) is 33.0 Å². The number of phenols is 1. The third-order valence-electron chi connectivity index (χ3n) is 5.78. The second kappa shape index (κ2) is 9.40. The first-order valence-electron chi connectivity index (χ1n) is 10.7. The second-order valence-corrected chi connectivity index (χ2v) is 8.73. The van der Waals surface area contributed by atoms with E-state index >= 15 is 0 Å². The van der Waals surface area contributed by atoms with Gasteiger partial charge < -0.3 is 24.5 Å². The molecule has 3 heterocycles. The molecule has 0 bridgehead atoms. The fourth-order valence-corrected chi connectivity index (χ4v) is 4.68. The van der Waals surface area contributed by atoms with Gasteiger partial charge in [0.1, 0.15) is 23.3 Å². The van der Waals surface area contributed by atoms with E-state index < -0.39 is 12.0 Å². The van der Waals surface area contributed by atoms with Crippen LogP contribution >= 0.6 is 23.8 Å². The molecule has 0 radical (unpaired) electrons. The third kappa shape index (κ3) is 4.34. The molecule has 35 heavy (non-hydrogen) atoms. The molecule has 2 N–H and O–H groups in total. The number of methoxy groups -OCH3 is 1. The normalized spacial score (nSPS) is 17.3. The number of hydrogen-bond donors (Lipinski definition) is 2. The highest BCUT2D eigenvalue weighted by molar-refractivity contribution is 7.80. The maximum Gasteiger partial charge on any atom is 0.337 e. The summed E-state index contributed by atoms with van der Waals surface area (Å²) in [4.78, 5) is 18.3. The maximum absolute atomic E-state index is 12.0. The average Bonchev–Trinajstić information content (AvgIpc) is 3.50. The van der Waals surface area contributed by atoms with E-state index in [9.17, 15) is 9.90 Å². The van der Waals surface area contributed by atoms with Gasteiger partial charge in [0.15, 0.2) is 5.11 Å². The number of thiocarbonyl (C=S) groups is 1. The number of nitrogens with one attached hydrogen (secondary N) is 1. The van der Waals surface area contributed by atoms with Crippen molar-refractivity contribution in [3.05, 3.63) is 101 Å². The number of aromatic nitrogens is 1. The Labute approximate surface area is 211 Å². The zero-order chi connectivity index (χ0) is 24.5. The predicted molar refractivity (Wildman–Crippen MR) is 137 cm³/mol. The highest BCUT2D eigenvalue weighted by Gasteiger charge is 2.43. The van der Waals surface area contributed by atoms with Crippen molar-refractivity contribution in [2.75, 3.05) is 12.0 Å². The summed E-state index contributed by atoms with van der Waals surface area (Å²) in [6, 6.07) is 20.3. The van der Waals surface area contributed by atoms with E-state index in [1.54, 1.807) is 41.4 Å². The minimum absolute atomic E-state index is 0.0304. The molecule has 7 nitrogen and oxygen atoms in total. The maximum atomic E-state index is 12.0. The number of anilines is 1. The molecule has 0 saturated carbocycles. The van der Waals surface area contributed by atoms with Crippen LogP contribution < -0.4 is 10.2 Å². The second-order valence-electron chi connectivity index (χ2n) is 7.90. The van der Waals surface area contributed by atoms with Gasteiger partial charge in [0.25, 0.3) is 0 Å². The van der Waals surface area contributed by atoms with Crippen molar-refractivity contribution in [3.8, 4) is 17.1 Å². The summed E-state index contributed by atoms with van der Waals surface area (Å²) in [6.07, 6.45) is 1.71. The van der Waals surface area contributed by atoms with Crippen LogP contribution in [-0.2, 0) is 4.74 Å². The van der Waals surface area contributed by atoms with Crippen LogP contribution in [-0.4, -0.2) is 28.3 Å². The van der Waals surface area contributed by atoms with Crippen LogP contribution in [0.2, 0.25) is 5.02 Å². The van der Waals surface area contributed by atoms with E-state index in [0.717, 1.165) is 11.3 Å². The molecule has 0 unspecified atom stereocenters. The molecule has 2 aromatic carbocycles. The Morgan fingerprint density at radius 2 is 2.00 bits per heavy atom. The molecule has 9 heteroatoms. The van der Waals surface area contributed by atoms with Crippen molar-refractivity contribution in [1.29, 1.82) is 0 Å². The molecule has 1 saturated heterocycles. The topological polar surface area (TPSA) is 87.8 Å². The van der Waals surface area contributed by atoms with E-state index in [-0.39, 0.29) is 11.8 Å². The number of rotatable bonds is 5. The number of furan rings is 1. The first-order chi connectivity index (χ1) is 17.0. The number of ether oxygens (including phenoxy) is 1. The van der Waals surface area contributed by atoms with Gasteiger partial charge in [-0.05, 0) is 66.8 Å². The zero-order valence-electron chi connectivity index (χ0n) is 18.5. The van der Waals surface area contributed by atoms with Gasteiger partial charge in [-0.15, -0.1) is 0 Å². The van der Waals surface area contributed by atoms with Crippen molar-refractivity contribution in [3.63, 3.8) is 0 Å². The Hall–Kier alpha value is -3.88.